The number of anilines is 1. The Labute approximate surface area is 149 Å². The summed E-state index contributed by atoms with van der Waals surface area (Å²) < 4.78 is 0. The molecule has 2 unspecified atom stereocenters. The molecule has 0 spiro atoms. The van der Waals surface area contributed by atoms with E-state index in [9.17, 15) is 4.79 Å². The van der Waals surface area contributed by atoms with E-state index in [1.165, 1.54) is 0 Å². The number of nitrogens with one attached hydrogen (secondary N) is 3. The number of carbonyl (C=O) groups excluding carboxylic acids is 1. The van der Waals surface area contributed by atoms with Gasteiger partial charge in [0.25, 0.3) is 0 Å². The Kier molecular flexibility index (Phi) is 5.09. The second-order valence-corrected chi connectivity index (χ2v) is 6.64. The number of carbonyl (C=O) groups is 1. The van der Waals surface area contributed by atoms with Gasteiger partial charge < -0.3 is 5.32 Å². The molecule has 2 aromatic rings. The Morgan fingerprint density at radius 2 is 1.74 bits per heavy atom. The molecule has 4 nitrogen and oxygen atoms in total. The third-order valence-electron chi connectivity index (χ3n) is 3.60. The Morgan fingerprint density at radius 1 is 1.00 bits per heavy atom. The molecule has 7 heteroatoms. The van der Waals surface area contributed by atoms with E-state index in [4.69, 9.17) is 34.8 Å². The first-order valence-corrected chi connectivity index (χ1v) is 8.18. The molecule has 0 bridgehead atoms. The quantitative estimate of drug-likeness (QED) is 0.759. The second kappa shape index (κ2) is 7.07. The molecule has 1 heterocycles. The topological polar surface area (TPSA) is 53.2 Å². The van der Waals surface area contributed by atoms with Gasteiger partial charge in [0, 0.05) is 26.8 Å². The van der Waals surface area contributed by atoms with Crippen molar-refractivity contribution in [1.29, 1.82) is 0 Å². The molecule has 0 saturated carbocycles. The Balaban J connectivity index is 1.65. The SMILES string of the molecule is O=C(Nc1cc(Cl)cc(Cl)c1)C1CC(c2cccc(Cl)c2)NN1. The van der Waals surface area contributed by atoms with Gasteiger partial charge in [-0.3, -0.25) is 4.79 Å². The van der Waals surface area contributed by atoms with Crippen LogP contribution in [0, 0.1) is 0 Å². The minimum absolute atomic E-state index is 0.0207. The highest BCUT2D eigenvalue weighted by Crippen LogP contribution is 2.26. The molecule has 3 rings (SSSR count). The zero-order valence-electron chi connectivity index (χ0n) is 11.9. The highest BCUT2D eigenvalue weighted by molar-refractivity contribution is 6.35. The van der Waals surface area contributed by atoms with E-state index >= 15 is 0 Å². The average Bonchev–Trinajstić information content (AvgIpc) is 2.96. The van der Waals surface area contributed by atoms with Gasteiger partial charge in [-0.25, -0.2) is 10.9 Å². The summed E-state index contributed by atoms with van der Waals surface area (Å²) in [7, 11) is 0. The maximum Gasteiger partial charge on any atom is 0.242 e. The van der Waals surface area contributed by atoms with Gasteiger partial charge in [-0.1, -0.05) is 46.9 Å². The van der Waals surface area contributed by atoms with Crippen molar-refractivity contribution in [3.63, 3.8) is 0 Å². The number of amides is 1. The molecular formula is C16H14Cl3N3O. The summed E-state index contributed by atoms with van der Waals surface area (Å²) in [6.07, 6.45) is 0.612. The normalized spacial score (nSPS) is 20.5. The van der Waals surface area contributed by atoms with Crippen LogP contribution < -0.4 is 16.2 Å². The summed E-state index contributed by atoms with van der Waals surface area (Å²) in [5, 5.41) is 4.43. The van der Waals surface area contributed by atoms with E-state index in [1.54, 1.807) is 18.2 Å². The largest absolute Gasteiger partial charge is 0.325 e. The lowest BCUT2D eigenvalue weighted by atomic mass is 10.0. The molecule has 1 aliphatic heterocycles. The lowest BCUT2D eigenvalue weighted by Gasteiger charge is -2.11. The van der Waals surface area contributed by atoms with Crippen molar-refractivity contribution >= 4 is 46.4 Å². The van der Waals surface area contributed by atoms with E-state index in [0.29, 0.717) is 27.2 Å². The van der Waals surface area contributed by atoms with E-state index in [-0.39, 0.29) is 18.0 Å². The van der Waals surface area contributed by atoms with Crippen LogP contribution in [-0.4, -0.2) is 11.9 Å². The van der Waals surface area contributed by atoms with E-state index in [2.05, 4.69) is 16.2 Å². The van der Waals surface area contributed by atoms with Crippen molar-refractivity contribution in [3.8, 4) is 0 Å². The molecule has 0 aromatic heterocycles. The molecule has 1 aliphatic rings. The minimum atomic E-state index is -0.364. The Morgan fingerprint density at radius 3 is 2.43 bits per heavy atom. The van der Waals surface area contributed by atoms with Gasteiger partial charge in [0.2, 0.25) is 5.91 Å². The van der Waals surface area contributed by atoms with Gasteiger partial charge in [0.05, 0.1) is 0 Å². The number of halogens is 3. The first-order valence-electron chi connectivity index (χ1n) is 7.05. The monoisotopic (exact) mass is 369 g/mol. The second-order valence-electron chi connectivity index (χ2n) is 5.33. The standard InChI is InChI=1S/C16H14Cl3N3O/c17-10-3-1-2-9(4-10)14-8-15(22-21-14)16(23)20-13-6-11(18)5-12(19)7-13/h1-7,14-15,21-22H,8H2,(H,20,23). The molecule has 2 atom stereocenters. The molecule has 23 heavy (non-hydrogen) atoms. The van der Waals surface area contributed by atoms with Gasteiger partial charge in [-0.15, -0.1) is 0 Å². The average molecular weight is 371 g/mol. The van der Waals surface area contributed by atoms with Crippen molar-refractivity contribution in [1.82, 2.24) is 10.9 Å². The lowest BCUT2D eigenvalue weighted by Crippen LogP contribution is -2.39. The van der Waals surface area contributed by atoms with Gasteiger partial charge in [0.1, 0.15) is 6.04 Å². The smallest absolute Gasteiger partial charge is 0.242 e. The molecule has 0 aliphatic carbocycles. The summed E-state index contributed by atoms with van der Waals surface area (Å²) in [6, 6.07) is 12.2. The van der Waals surface area contributed by atoms with Crippen LogP contribution in [0.1, 0.15) is 18.0 Å². The van der Waals surface area contributed by atoms with Crippen molar-refractivity contribution < 1.29 is 4.79 Å². The fourth-order valence-electron chi connectivity index (χ4n) is 2.53. The number of hydrogen-bond acceptors (Lipinski definition) is 3. The van der Waals surface area contributed by atoms with Crippen LogP contribution in [0.4, 0.5) is 5.69 Å². The Bertz CT molecular complexity index is 718. The number of rotatable bonds is 3. The highest BCUT2D eigenvalue weighted by Gasteiger charge is 2.30. The van der Waals surface area contributed by atoms with E-state index < -0.39 is 0 Å². The number of hydrazine groups is 1. The zero-order chi connectivity index (χ0) is 16.4. The van der Waals surface area contributed by atoms with Crippen LogP contribution in [0.2, 0.25) is 15.1 Å². The zero-order valence-corrected chi connectivity index (χ0v) is 14.2. The van der Waals surface area contributed by atoms with E-state index in [1.807, 2.05) is 24.3 Å². The maximum atomic E-state index is 12.4. The maximum absolute atomic E-state index is 12.4. The molecule has 120 valence electrons. The molecule has 0 radical (unpaired) electrons. The fraction of sp³-hybridized carbons (Fsp3) is 0.188. The number of benzene rings is 2. The van der Waals surface area contributed by atoms with Gasteiger partial charge in [-0.2, -0.15) is 0 Å². The molecule has 3 N–H and O–H groups in total. The van der Waals surface area contributed by atoms with Crippen LogP contribution in [0.5, 0.6) is 0 Å². The van der Waals surface area contributed by atoms with E-state index in [0.717, 1.165) is 5.56 Å². The predicted molar refractivity (Wildman–Crippen MR) is 94.0 cm³/mol. The molecule has 1 saturated heterocycles. The van der Waals surface area contributed by atoms with Crippen LogP contribution in [0.15, 0.2) is 42.5 Å². The third kappa shape index (κ3) is 4.16. The van der Waals surface area contributed by atoms with Crippen LogP contribution in [0.25, 0.3) is 0 Å². The summed E-state index contributed by atoms with van der Waals surface area (Å²) in [4.78, 5) is 12.4. The first-order chi connectivity index (χ1) is 11.0. The van der Waals surface area contributed by atoms with Gasteiger partial charge >= 0.3 is 0 Å². The van der Waals surface area contributed by atoms with Crippen molar-refractivity contribution in [2.24, 2.45) is 0 Å². The van der Waals surface area contributed by atoms with Gasteiger partial charge in [0.15, 0.2) is 0 Å². The van der Waals surface area contributed by atoms with Crippen LogP contribution >= 0.6 is 34.8 Å². The molecular weight excluding hydrogens is 357 g/mol. The van der Waals surface area contributed by atoms with Crippen molar-refractivity contribution in [2.45, 2.75) is 18.5 Å². The minimum Gasteiger partial charge on any atom is -0.325 e. The molecule has 1 amide bonds. The molecule has 2 aromatic carbocycles. The fourth-order valence-corrected chi connectivity index (χ4v) is 3.25. The van der Waals surface area contributed by atoms with Crippen LogP contribution in [0.3, 0.4) is 0 Å². The predicted octanol–water partition coefficient (Wildman–Crippen LogP) is 4.19. The Hall–Kier alpha value is -1.30. The van der Waals surface area contributed by atoms with Crippen LogP contribution in [-0.2, 0) is 4.79 Å². The third-order valence-corrected chi connectivity index (χ3v) is 4.27. The number of hydrogen-bond donors (Lipinski definition) is 3. The van der Waals surface area contributed by atoms with Crippen molar-refractivity contribution in [3.05, 3.63) is 63.1 Å². The van der Waals surface area contributed by atoms with Gasteiger partial charge in [-0.05, 0) is 42.3 Å². The summed E-state index contributed by atoms with van der Waals surface area (Å²) in [5.41, 5.74) is 7.72. The van der Waals surface area contributed by atoms with Crippen molar-refractivity contribution in [2.75, 3.05) is 5.32 Å². The highest BCUT2D eigenvalue weighted by atomic mass is 35.5. The lowest BCUT2D eigenvalue weighted by molar-refractivity contribution is -0.117. The summed E-state index contributed by atoms with van der Waals surface area (Å²) in [6.45, 7) is 0. The summed E-state index contributed by atoms with van der Waals surface area (Å²) in [5.74, 6) is -0.152. The first kappa shape index (κ1) is 16.6. The summed E-state index contributed by atoms with van der Waals surface area (Å²) >= 11 is 17.9. The molecule has 1 fully saturated rings.